The Morgan fingerprint density at radius 1 is 1.20 bits per heavy atom. The van der Waals surface area contributed by atoms with Crippen LogP contribution < -0.4 is 10.5 Å². The van der Waals surface area contributed by atoms with Gasteiger partial charge < -0.3 is 10.5 Å². The second-order valence-electron chi connectivity index (χ2n) is 8.14. The number of nitrogen functional groups attached to an aromatic ring is 1. The molecule has 0 spiro atoms. The molecule has 2 aromatic rings. The fourth-order valence-electron chi connectivity index (χ4n) is 4.43. The third-order valence-electron chi connectivity index (χ3n) is 5.66. The Kier molecular flexibility index (Phi) is 5.11. The smallest absolute Gasteiger partial charge is 0.401 e. The Labute approximate surface area is 169 Å². The molecule has 2 aromatic heterocycles. The van der Waals surface area contributed by atoms with Gasteiger partial charge in [-0.05, 0) is 37.8 Å². The molecule has 164 valence electrons. The van der Waals surface area contributed by atoms with E-state index < -0.39 is 19.3 Å². The highest BCUT2D eigenvalue weighted by molar-refractivity contribution is 5.64. The number of piperidine rings is 1. The predicted octanol–water partition coefficient (Wildman–Crippen LogP) is 3.92. The molecule has 0 radical (unpaired) electrons. The van der Waals surface area contributed by atoms with Crippen molar-refractivity contribution >= 4 is 5.82 Å². The van der Waals surface area contributed by atoms with Gasteiger partial charge >= 0.3 is 12.8 Å². The van der Waals surface area contributed by atoms with Crippen LogP contribution in [0.15, 0.2) is 18.3 Å². The molecule has 30 heavy (non-hydrogen) atoms. The third kappa shape index (κ3) is 4.07. The van der Waals surface area contributed by atoms with Crippen LogP contribution >= 0.6 is 0 Å². The van der Waals surface area contributed by atoms with Crippen LogP contribution in [0.25, 0.3) is 11.3 Å². The average Bonchev–Trinajstić information content (AvgIpc) is 2.97. The van der Waals surface area contributed by atoms with Crippen molar-refractivity contribution < 1.29 is 26.7 Å². The largest absolute Gasteiger partial charge is 0.431 e. The number of pyridine rings is 1. The van der Waals surface area contributed by atoms with Crippen LogP contribution in [0.3, 0.4) is 0 Å². The number of hydrogen-bond donors (Lipinski definition) is 1. The van der Waals surface area contributed by atoms with Gasteiger partial charge in [-0.25, -0.2) is 4.98 Å². The van der Waals surface area contributed by atoms with Crippen LogP contribution in [-0.4, -0.2) is 52.1 Å². The van der Waals surface area contributed by atoms with E-state index in [1.807, 2.05) is 24.6 Å². The molecule has 0 bridgehead atoms. The second-order valence-corrected chi connectivity index (χ2v) is 8.14. The van der Waals surface area contributed by atoms with Crippen LogP contribution in [0.5, 0.6) is 5.75 Å². The van der Waals surface area contributed by atoms with Gasteiger partial charge in [0.2, 0.25) is 0 Å². The van der Waals surface area contributed by atoms with Crippen molar-refractivity contribution in [1.82, 2.24) is 19.7 Å². The molecule has 3 atom stereocenters. The number of halogens is 5. The number of aromatic nitrogens is 3. The molecule has 11 heteroatoms. The summed E-state index contributed by atoms with van der Waals surface area (Å²) in [6.07, 6.45) is -2.76. The Morgan fingerprint density at radius 3 is 2.43 bits per heavy atom. The van der Waals surface area contributed by atoms with Crippen LogP contribution in [0.1, 0.15) is 31.5 Å². The van der Waals surface area contributed by atoms with E-state index in [-0.39, 0.29) is 35.4 Å². The molecule has 1 saturated carbocycles. The molecule has 1 saturated heterocycles. The van der Waals surface area contributed by atoms with E-state index >= 15 is 0 Å². The lowest BCUT2D eigenvalue weighted by atomic mass is 10.1. The maximum Gasteiger partial charge on any atom is 0.401 e. The van der Waals surface area contributed by atoms with Crippen molar-refractivity contribution in [3.63, 3.8) is 0 Å². The summed E-state index contributed by atoms with van der Waals surface area (Å²) in [5.41, 5.74) is 7.54. The van der Waals surface area contributed by atoms with E-state index in [0.717, 1.165) is 5.69 Å². The normalized spacial score (nSPS) is 24.0. The van der Waals surface area contributed by atoms with Gasteiger partial charge in [0.15, 0.2) is 11.6 Å². The lowest BCUT2D eigenvalue weighted by Gasteiger charge is -2.21. The van der Waals surface area contributed by atoms with Gasteiger partial charge in [-0.15, -0.1) is 0 Å². The molecule has 0 unspecified atom stereocenters. The quantitative estimate of drug-likeness (QED) is 0.703. The lowest BCUT2D eigenvalue weighted by Crippen LogP contribution is -2.34. The fraction of sp³-hybridized carbons (Fsp3) is 0.579. The van der Waals surface area contributed by atoms with Gasteiger partial charge in [-0.3, -0.25) is 9.58 Å². The molecule has 4 rings (SSSR count). The van der Waals surface area contributed by atoms with Gasteiger partial charge in [0, 0.05) is 42.5 Å². The van der Waals surface area contributed by atoms with E-state index in [4.69, 9.17) is 5.73 Å². The number of anilines is 1. The minimum absolute atomic E-state index is 0.0277. The molecule has 1 aliphatic heterocycles. The minimum atomic E-state index is -4.20. The predicted molar refractivity (Wildman–Crippen MR) is 99.1 cm³/mol. The number of nitrogens with two attached hydrogens (primary N) is 1. The summed E-state index contributed by atoms with van der Waals surface area (Å²) in [6.45, 7) is 0.818. The summed E-state index contributed by atoms with van der Waals surface area (Å²) in [5, 5.41) is 4.60. The van der Waals surface area contributed by atoms with Gasteiger partial charge in [-0.1, -0.05) is 0 Å². The van der Waals surface area contributed by atoms with Crippen molar-refractivity contribution in [1.29, 1.82) is 0 Å². The van der Waals surface area contributed by atoms with E-state index in [1.165, 1.54) is 17.2 Å². The number of alkyl halides is 5. The Morgan fingerprint density at radius 2 is 1.87 bits per heavy atom. The first kappa shape index (κ1) is 20.8. The molecule has 6 nitrogen and oxygen atoms in total. The van der Waals surface area contributed by atoms with Gasteiger partial charge in [-0.2, -0.15) is 27.1 Å². The molecule has 0 amide bonds. The molecule has 2 fully saturated rings. The summed E-state index contributed by atoms with van der Waals surface area (Å²) in [5.74, 6) is 0.0864. The van der Waals surface area contributed by atoms with E-state index in [1.54, 1.807) is 0 Å². The molecule has 0 aromatic carbocycles. The Hall–Kier alpha value is -2.43. The summed E-state index contributed by atoms with van der Waals surface area (Å²) in [7, 11) is 0. The Balaban J connectivity index is 1.56. The highest BCUT2D eigenvalue weighted by Gasteiger charge is 2.58. The zero-order chi connectivity index (χ0) is 21.8. The number of nitrogens with zero attached hydrogens (tertiary/aromatic N) is 4. The van der Waals surface area contributed by atoms with Crippen LogP contribution in [-0.2, 0) is 0 Å². The van der Waals surface area contributed by atoms with Crippen LogP contribution in [0.2, 0.25) is 0 Å². The van der Waals surface area contributed by atoms with E-state index in [0.29, 0.717) is 24.3 Å². The van der Waals surface area contributed by atoms with Gasteiger partial charge in [0.25, 0.3) is 0 Å². The molecule has 3 heterocycles. The van der Waals surface area contributed by atoms with Crippen molar-refractivity contribution in [2.24, 2.45) is 11.8 Å². The molecular weight excluding hydrogens is 409 g/mol. The zero-order valence-electron chi connectivity index (χ0n) is 16.4. The van der Waals surface area contributed by atoms with Crippen molar-refractivity contribution in [2.45, 2.75) is 38.6 Å². The monoisotopic (exact) mass is 431 g/mol. The maximum atomic E-state index is 12.6. The molecule has 2 aliphatic rings. The average molecular weight is 431 g/mol. The number of hydrogen-bond acceptors (Lipinski definition) is 5. The topological polar surface area (TPSA) is 69.2 Å². The summed E-state index contributed by atoms with van der Waals surface area (Å²) in [4.78, 5) is 5.36. The summed E-state index contributed by atoms with van der Waals surface area (Å²) >= 11 is 0. The number of fused-ring (bicyclic) bond motifs is 1. The van der Waals surface area contributed by atoms with E-state index in [2.05, 4.69) is 14.8 Å². The van der Waals surface area contributed by atoms with Crippen molar-refractivity contribution in [3.8, 4) is 17.0 Å². The highest BCUT2D eigenvalue weighted by atomic mass is 19.4. The maximum absolute atomic E-state index is 12.6. The van der Waals surface area contributed by atoms with Gasteiger partial charge in [0.05, 0.1) is 12.2 Å². The first-order valence-corrected chi connectivity index (χ1v) is 9.62. The number of rotatable bonds is 6. The standard InChI is InChI=1S/C19H22F5N5O/c1-9(2)29-14(16-11-6-28(7-12(11)16)8-19(22,23)24)4-13(27-29)10-3-15(30-18(20)21)17(25)26-5-10/h3-5,9,11-12,16,18H,6-8H2,1-2H3,(H2,25,26)/t11-,12+,16+. The van der Waals surface area contributed by atoms with Crippen molar-refractivity contribution in [2.75, 3.05) is 25.4 Å². The van der Waals surface area contributed by atoms with Crippen LogP contribution in [0, 0.1) is 11.8 Å². The number of likely N-dealkylation sites (tertiary alicyclic amines) is 1. The zero-order valence-corrected chi connectivity index (χ0v) is 16.4. The first-order valence-electron chi connectivity index (χ1n) is 9.62. The number of ether oxygens (including phenoxy) is 1. The Bertz CT molecular complexity index is 917. The summed E-state index contributed by atoms with van der Waals surface area (Å²) in [6, 6.07) is 3.25. The molecular formula is C19H22F5N5O. The third-order valence-corrected chi connectivity index (χ3v) is 5.66. The van der Waals surface area contributed by atoms with Crippen molar-refractivity contribution in [3.05, 3.63) is 24.0 Å². The minimum Gasteiger partial charge on any atom is -0.431 e. The van der Waals surface area contributed by atoms with Gasteiger partial charge in [0.1, 0.15) is 0 Å². The fourth-order valence-corrected chi connectivity index (χ4v) is 4.43. The van der Waals surface area contributed by atoms with Crippen LogP contribution in [0.4, 0.5) is 27.8 Å². The first-order chi connectivity index (χ1) is 14.0. The SMILES string of the molecule is CC(C)n1nc(-c2cnc(N)c(OC(F)F)c2)cc1[C@H]1[C@@H]2CN(CC(F)(F)F)C[C@@H]21. The van der Waals surface area contributed by atoms with E-state index in [9.17, 15) is 22.0 Å². The molecule has 1 aliphatic carbocycles. The second kappa shape index (κ2) is 7.36. The lowest BCUT2D eigenvalue weighted by molar-refractivity contribution is -0.144. The highest BCUT2D eigenvalue weighted by Crippen LogP contribution is 2.59. The molecule has 2 N–H and O–H groups in total. The summed E-state index contributed by atoms with van der Waals surface area (Å²) < 4.78 is 69.4.